The minimum absolute atomic E-state index is 0.0311. The van der Waals surface area contributed by atoms with Gasteiger partial charge in [-0.3, -0.25) is 9.69 Å². The van der Waals surface area contributed by atoms with Crippen LogP contribution in [0.1, 0.15) is 19.3 Å². The third kappa shape index (κ3) is 5.75. The molecule has 0 aromatic heterocycles. The number of nitrogens with zero attached hydrogens (tertiary/aromatic N) is 2. The van der Waals surface area contributed by atoms with Crippen molar-refractivity contribution in [3.63, 3.8) is 0 Å². The molecule has 188 valence electrons. The summed E-state index contributed by atoms with van der Waals surface area (Å²) < 4.78 is 60.9. The van der Waals surface area contributed by atoms with E-state index < -0.39 is 26.1 Å². The van der Waals surface area contributed by atoms with E-state index in [1.54, 1.807) is 5.32 Å². The number of aliphatic hydroxyl groups excluding tert-OH is 1. The Labute approximate surface area is 194 Å². The molecule has 2 fully saturated rings. The summed E-state index contributed by atoms with van der Waals surface area (Å²) >= 11 is 0. The van der Waals surface area contributed by atoms with E-state index in [9.17, 15) is 31.5 Å². The van der Waals surface area contributed by atoms with Crippen LogP contribution in [-0.4, -0.2) is 73.0 Å². The number of aliphatic hydroxyl groups is 1. The van der Waals surface area contributed by atoms with Crippen molar-refractivity contribution in [3.05, 3.63) is 36.0 Å². The number of sulfone groups is 1. The van der Waals surface area contributed by atoms with Crippen LogP contribution in [0.2, 0.25) is 0 Å². The van der Waals surface area contributed by atoms with Crippen LogP contribution in [0.25, 0.3) is 0 Å². The molecule has 3 rings (SSSR count). The Bertz CT molecular complexity index is 1070. The van der Waals surface area contributed by atoms with E-state index in [0.29, 0.717) is 19.1 Å². The molecule has 1 amide bonds. The molecule has 9 N–H and O–H groups in total. The number of β-amino-alcohol motifs (C(OH)–C–C–N with tert-alkyl or cyclic N) is 1. The second-order valence-electron chi connectivity index (χ2n) is 8.48. The van der Waals surface area contributed by atoms with Crippen molar-refractivity contribution in [2.24, 2.45) is 22.2 Å². The molecule has 1 aromatic carbocycles. The monoisotopic (exact) mass is 505 g/mol. The summed E-state index contributed by atoms with van der Waals surface area (Å²) in [6.45, 7) is 1.29. The average Bonchev–Trinajstić information content (AvgIpc) is 2.72. The van der Waals surface area contributed by atoms with Gasteiger partial charge in [-0.25, -0.2) is 13.4 Å². The highest BCUT2D eigenvalue weighted by molar-refractivity contribution is 7.92. The summed E-state index contributed by atoms with van der Waals surface area (Å²) in [6, 6.07) is 3.69. The fourth-order valence-electron chi connectivity index (χ4n) is 4.11. The number of quaternary nitrogens is 1. The molecule has 0 spiro atoms. The lowest BCUT2D eigenvalue weighted by Crippen LogP contribution is -2.89. The van der Waals surface area contributed by atoms with Crippen molar-refractivity contribution in [2.75, 3.05) is 13.1 Å². The zero-order chi connectivity index (χ0) is 25.3. The number of benzene rings is 1. The van der Waals surface area contributed by atoms with Gasteiger partial charge in [-0.15, -0.1) is 0 Å². The molecule has 1 heterocycles. The Kier molecular flexibility index (Phi) is 7.67. The summed E-state index contributed by atoms with van der Waals surface area (Å²) in [5, 5.41) is 11.2. The number of rotatable bonds is 7. The number of hydrogen-bond donors (Lipinski definition) is 5. The van der Waals surface area contributed by atoms with Crippen molar-refractivity contribution in [1.82, 2.24) is 4.90 Å². The van der Waals surface area contributed by atoms with Crippen LogP contribution in [-0.2, 0) is 14.6 Å². The maximum Gasteiger partial charge on any atom is 0.501 e. The van der Waals surface area contributed by atoms with Gasteiger partial charge in [0.1, 0.15) is 23.7 Å². The van der Waals surface area contributed by atoms with Crippen LogP contribution in [0.5, 0.6) is 0 Å². The number of carbonyl (C=O) groups is 1. The first-order valence-corrected chi connectivity index (χ1v) is 12.1. The lowest BCUT2D eigenvalue weighted by Gasteiger charge is -2.45. The molecule has 3 atom stereocenters. The average molecular weight is 506 g/mol. The van der Waals surface area contributed by atoms with E-state index in [1.807, 2.05) is 0 Å². The number of amidine groups is 1. The van der Waals surface area contributed by atoms with E-state index in [4.69, 9.17) is 17.2 Å². The smallest absolute Gasteiger partial charge is 0.390 e. The molecule has 1 saturated heterocycles. The summed E-state index contributed by atoms with van der Waals surface area (Å²) in [6.07, 6.45) is 3.55. The predicted octanol–water partition coefficient (Wildman–Crippen LogP) is -1.17. The van der Waals surface area contributed by atoms with Gasteiger partial charge in [0.05, 0.1) is 22.7 Å². The SMILES string of the molecule is NC(=O)C(=C[NH2+]C1CCC(N2CC(O)C2)CC1N)C(N)=Nc1ccc(S(=O)(=O)C(F)(F)F)cc1. The van der Waals surface area contributed by atoms with Gasteiger partial charge in [0.15, 0.2) is 0 Å². The zero-order valence-corrected chi connectivity index (χ0v) is 19.0. The highest BCUT2D eigenvalue weighted by atomic mass is 32.2. The Hall–Kier alpha value is -2.52. The van der Waals surface area contributed by atoms with E-state index in [1.165, 1.54) is 6.20 Å². The topological polar surface area (TPSA) is 182 Å². The number of aliphatic imine (C=N–C) groups is 1. The first-order chi connectivity index (χ1) is 15.8. The molecule has 1 aromatic rings. The van der Waals surface area contributed by atoms with Gasteiger partial charge in [-0.2, -0.15) is 13.2 Å². The van der Waals surface area contributed by atoms with E-state index in [0.717, 1.165) is 43.5 Å². The number of alkyl halides is 3. The summed E-state index contributed by atoms with van der Waals surface area (Å²) in [7, 11) is -5.49. The first-order valence-electron chi connectivity index (χ1n) is 10.6. The van der Waals surface area contributed by atoms with Gasteiger partial charge in [0, 0.05) is 25.6 Å². The van der Waals surface area contributed by atoms with Gasteiger partial charge in [-0.05, 0) is 37.1 Å². The molecule has 0 radical (unpaired) electrons. The molecule has 1 aliphatic heterocycles. The Morgan fingerprint density at radius 1 is 1.18 bits per heavy atom. The molecule has 14 heteroatoms. The van der Waals surface area contributed by atoms with Crippen LogP contribution in [0.3, 0.4) is 0 Å². The molecule has 2 aliphatic rings. The van der Waals surface area contributed by atoms with Gasteiger partial charge in [0.25, 0.3) is 15.7 Å². The number of hydrogen-bond acceptors (Lipinski definition) is 7. The number of primary amides is 1. The van der Waals surface area contributed by atoms with Crippen molar-refractivity contribution < 1.29 is 36.8 Å². The minimum Gasteiger partial charge on any atom is -0.390 e. The van der Waals surface area contributed by atoms with Crippen molar-refractivity contribution in [3.8, 4) is 0 Å². The summed E-state index contributed by atoms with van der Waals surface area (Å²) in [5.74, 6) is -1.13. The fraction of sp³-hybridized carbons (Fsp3) is 0.500. The van der Waals surface area contributed by atoms with Crippen LogP contribution in [0.15, 0.2) is 45.9 Å². The van der Waals surface area contributed by atoms with Gasteiger partial charge >= 0.3 is 5.51 Å². The predicted molar refractivity (Wildman–Crippen MR) is 117 cm³/mol. The van der Waals surface area contributed by atoms with E-state index in [2.05, 4.69) is 9.89 Å². The Balaban J connectivity index is 1.68. The Morgan fingerprint density at radius 2 is 1.79 bits per heavy atom. The number of carbonyl (C=O) groups excluding carboxylic acids is 1. The summed E-state index contributed by atoms with van der Waals surface area (Å²) in [5.41, 5.74) is 12.1. The first kappa shape index (κ1) is 26.1. The molecule has 10 nitrogen and oxygen atoms in total. The second kappa shape index (κ2) is 10.00. The molecule has 0 bridgehead atoms. The maximum atomic E-state index is 12.7. The largest absolute Gasteiger partial charge is 0.501 e. The lowest BCUT2D eigenvalue weighted by molar-refractivity contribution is -0.632. The standard InChI is InChI=1S/C20H27F3N6O4S/c21-20(22,23)34(32,33)14-4-1-11(2-5-14)28-18(25)15(19(26)31)8-27-17-6-3-12(7-16(17)24)29-9-13(30)10-29/h1-2,4-5,8,12-13,16-17,27,30H,3,6-7,9-10,24H2,(H2,25,28)(H2,26,31)/p+1. The normalized spacial score (nSPS) is 25.7. The second-order valence-corrected chi connectivity index (χ2v) is 10.4. The van der Waals surface area contributed by atoms with Crippen molar-refractivity contribution in [2.45, 2.75) is 53.9 Å². The Morgan fingerprint density at radius 3 is 2.29 bits per heavy atom. The third-order valence-corrected chi connectivity index (χ3v) is 7.59. The van der Waals surface area contributed by atoms with Crippen LogP contribution in [0, 0.1) is 0 Å². The highest BCUT2D eigenvalue weighted by Gasteiger charge is 2.46. The molecule has 1 aliphatic carbocycles. The zero-order valence-electron chi connectivity index (χ0n) is 18.1. The van der Waals surface area contributed by atoms with Crippen molar-refractivity contribution in [1.29, 1.82) is 0 Å². The third-order valence-electron chi connectivity index (χ3n) is 6.09. The summed E-state index contributed by atoms with van der Waals surface area (Å²) in [4.78, 5) is 17.1. The van der Waals surface area contributed by atoms with Crippen LogP contribution >= 0.6 is 0 Å². The van der Waals surface area contributed by atoms with Gasteiger partial charge < -0.3 is 27.6 Å². The molecular formula is C20H28F3N6O4S+. The minimum atomic E-state index is -5.49. The number of amides is 1. The highest BCUT2D eigenvalue weighted by Crippen LogP contribution is 2.31. The number of nitrogens with two attached hydrogens (primary N) is 4. The van der Waals surface area contributed by atoms with Crippen LogP contribution in [0.4, 0.5) is 18.9 Å². The van der Waals surface area contributed by atoms with Crippen molar-refractivity contribution >= 4 is 27.3 Å². The van der Waals surface area contributed by atoms with Gasteiger partial charge in [0.2, 0.25) is 0 Å². The molecule has 3 unspecified atom stereocenters. The van der Waals surface area contributed by atoms with Gasteiger partial charge in [-0.1, -0.05) is 0 Å². The fourth-order valence-corrected chi connectivity index (χ4v) is 4.87. The molecule has 1 saturated carbocycles. The van der Waals surface area contributed by atoms with Crippen LogP contribution < -0.4 is 22.5 Å². The van der Waals surface area contributed by atoms with E-state index in [-0.39, 0.29) is 35.3 Å². The molecule has 34 heavy (non-hydrogen) atoms. The quantitative estimate of drug-likeness (QED) is 0.176. The maximum absolute atomic E-state index is 12.7. The number of likely N-dealkylation sites (tertiary alicyclic amines) is 1. The van der Waals surface area contributed by atoms with E-state index >= 15 is 0 Å². The number of halogens is 3. The lowest BCUT2D eigenvalue weighted by atomic mass is 9.85. The molecular weight excluding hydrogens is 477 g/mol.